The monoisotopic (exact) mass is 222 g/mol. The molecule has 3 rings (SSSR count). The highest BCUT2D eigenvalue weighted by atomic mass is 19.4. The second-order valence-corrected chi connectivity index (χ2v) is 4.11. The van der Waals surface area contributed by atoms with Gasteiger partial charge in [0.15, 0.2) is 0 Å². The first-order valence-corrected chi connectivity index (χ1v) is 5.18. The lowest BCUT2D eigenvalue weighted by Crippen LogP contribution is -2.05. The van der Waals surface area contributed by atoms with Crippen molar-refractivity contribution in [3.05, 3.63) is 47.0 Å². The fourth-order valence-electron chi connectivity index (χ4n) is 2.49. The molecule has 0 radical (unpaired) electrons. The maximum Gasteiger partial charge on any atom is 0.417 e. The van der Waals surface area contributed by atoms with E-state index in [0.717, 1.165) is 29.4 Å². The maximum absolute atomic E-state index is 12.8. The zero-order chi connectivity index (χ0) is 11.3. The first-order chi connectivity index (χ1) is 7.57. The van der Waals surface area contributed by atoms with Crippen molar-refractivity contribution in [2.24, 2.45) is 0 Å². The van der Waals surface area contributed by atoms with Crippen LogP contribution in [0.4, 0.5) is 13.2 Å². The van der Waals surface area contributed by atoms with Gasteiger partial charge in [0.2, 0.25) is 0 Å². The molecular formula is C13H9F3. The summed E-state index contributed by atoms with van der Waals surface area (Å²) in [5, 5.41) is 1.16. The van der Waals surface area contributed by atoms with Crippen molar-refractivity contribution >= 4 is 10.8 Å². The van der Waals surface area contributed by atoms with Crippen molar-refractivity contribution in [2.45, 2.75) is 19.0 Å². The third-order valence-electron chi connectivity index (χ3n) is 3.18. The van der Waals surface area contributed by atoms with E-state index < -0.39 is 11.7 Å². The molecule has 0 aromatic heterocycles. The van der Waals surface area contributed by atoms with Crippen LogP contribution in [0.15, 0.2) is 30.3 Å². The third kappa shape index (κ3) is 1.24. The number of alkyl halides is 3. The Hall–Kier alpha value is -1.51. The Balaban J connectivity index is 2.43. The van der Waals surface area contributed by atoms with Gasteiger partial charge in [-0.15, -0.1) is 0 Å². The van der Waals surface area contributed by atoms with Crippen LogP contribution in [-0.2, 0) is 19.0 Å². The van der Waals surface area contributed by atoms with Gasteiger partial charge in [-0.2, -0.15) is 13.2 Å². The van der Waals surface area contributed by atoms with Crippen molar-refractivity contribution in [1.29, 1.82) is 0 Å². The molecule has 0 saturated heterocycles. The molecule has 16 heavy (non-hydrogen) atoms. The maximum atomic E-state index is 12.8. The minimum atomic E-state index is -4.26. The minimum absolute atomic E-state index is 0.347. The lowest BCUT2D eigenvalue weighted by atomic mass is 10.00. The number of hydrogen-bond donors (Lipinski definition) is 0. The predicted molar refractivity (Wildman–Crippen MR) is 56.4 cm³/mol. The van der Waals surface area contributed by atoms with E-state index >= 15 is 0 Å². The summed E-state index contributed by atoms with van der Waals surface area (Å²) in [7, 11) is 0. The Morgan fingerprint density at radius 1 is 0.875 bits per heavy atom. The molecule has 0 aliphatic heterocycles. The quantitative estimate of drug-likeness (QED) is 0.633. The Morgan fingerprint density at radius 3 is 2.25 bits per heavy atom. The summed E-state index contributed by atoms with van der Waals surface area (Å²) in [6.07, 6.45) is -2.55. The molecule has 0 atom stereocenters. The molecule has 0 nitrogen and oxygen atoms in total. The lowest BCUT2D eigenvalue weighted by Gasteiger charge is -2.11. The Morgan fingerprint density at radius 2 is 1.56 bits per heavy atom. The molecule has 0 bridgehead atoms. The zero-order valence-corrected chi connectivity index (χ0v) is 8.43. The highest BCUT2D eigenvalue weighted by molar-refractivity contribution is 5.93. The van der Waals surface area contributed by atoms with Gasteiger partial charge in [0, 0.05) is 0 Å². The van der Waals surface area contributed by atoms with Crippen LogP contribution in [0, 0.1) is 0 Å². The summed E-state index contributed by atoms with van der Waals surface area (Å²) >= 11 is 0. The Bertz CT molecular complexity index is 557. The van der Waals surface area contributed by atoms with Crippen LogP contribution in [0.1, 0.15) is 16.7 Å². The van der Waals surface area contributed by atoms with Crippen LogP contribution in [0.25, 0.3) is 10.8 Å². The molecule has 82 valence electrons. The summed E-state index contributed by atoms with van der Waals surface area (Å²) in [4.78, 5) is 0. The molecule has 0 fully saturated rings. The van der Waals surface area contributed by atoms with E-state index in [2.05, 4.69) is 0 Å². The van der Waals surface area contributed by atoms with Gasteiger partial charge >= 0.3 is 6.18 Å². The number of halogens is 3. The largest absolute Gasteiger partial charge is 0.417 e. The van der Waals surface area contributed by atoms with Gasteiger partial charge in [0.05, 0.1) is 5.56 Å². The molecule has 0 N–H and O–H groups in total. The van der Waals surface area contributed by atoms with Crippen LogP contribution in [0.2, 0.25) is 0 Å². The fourth-order valence-corrected chi connectivity index (χ4v) is 2.49. The molecular weight excluding hydrogens is 213 g/mol. The topological polar surface area (TPSA) is 0 Å². The van der Waals surface area contributed by atoms with Crippen molar-refractivity contribution in [1.82, 2.24) is 0 Å². The van der Waals surface area contributed by atoms with Crippen molar-refractivity contribution < 1.29 is 13.2 Å². The molecule has 0 heterocycles. The molecule has 0 unspecified atom stereocenters. The number of aryl methyl sites for hydroxylation is 2. The number of hydrogen-bond acceptors (Lipinski definition) is 0. The van der Waals surface area contributed by atoms with Crippen LogP contribution in [0.3, 0.4) is 0 Å². The molecule has 1 aliphatic rings. The normalized spacial score (nSPS) is 14.7. The number of rotatable bonds is 0. The van der Waals surface area contributed by atoms with Crippen molar-refractivity contribution in [2.75, 3.05) is 0 Å². The van der Waals surface area contributed by atoms with E-state index in [1.54, 1.807) is 18.2 Å². The second kappa shape index (κ2) is 3.00. The lowest BCUT2D eigenvalue weighted by molar-refractivity contribution is -0.136. The van der Waals surface area contributed by atoms with E-state index in [1.165, 1.54) is 6.07 Å². The molecule has 2 aromatic rings. The van der Waals surface area contributed by atoms with Crippen LogP contribution < -0.4 is 0 Å². The number of benzene rings is 2. The molecule has 0 spiro atoms. The molecule has 0 saturated carbocycles. The van der Waals surface area contributed by atoms with Crippen molar-refractivity contribution in [3.8, 4) is 0 Å². The van der Waals surface area contributed by atoms with Gasteiger partial charge < -0.3 is 0 Å². The van der Waals surface area contributed by atoms with Crippen LogP contribution in [0.5, 0.6) is 0 Å². The van der Waals surface area contributed by atoms with Gasteiger partial charge in [-0.05, 0) is 40.8 Å². The summed E-state index contributed by atoms with van der Waals surface area (Å²) in [5.74, 6) is 0. The van der Waals surface area contributed by atoms with Gasteiger partial charge in [0.1, 0.15) is 0 Å². The third-order valence-corrected chi connectivity index (χ3v) is 3.18. The van der Waals surface area contributed by atoms with E-state index in [4.69, 9.17) is 0 Å². The van der Waals surface area contributed by atoms with Crippen LogP contribution >= 0.6 is 0 Å². The SMILES string of the molecule is FC(F)(F)c1ccc2c3c(cccc13)CC2. The summed E-state index contributed by atoms with van der Waals surface area (Å²) < 4.78 is 38.4. The van der Waals surface area contributed by atoms with Crippen LogP contribution in [-0.4, -0.2) is 0 Å². The first-order valence-electron chi connectivity index (χ1n) is 5.18. The Kier molecular flexibility index (Phi) is 1.82. The standard InChI is InChI=1S/C13H9F3/c14-13(15,16)11-7-6-9-5-4-8-2-1-3-10(11)12(8)9/h1-3,6-7H,4-5H2. The molecule has 3 heteroatoms. The van der Waals surface area contributed by atoms with Gasteiger partial charge in [-0.25, -0.2) is 0 Å². The summed E-state index contributed by atoms with van der Waals surface area (Å²) in [6.45, 7) is 0. The zero-order valence-electron chi connectivity index (χ0n) is 8.43. The Labute approximate surface area is 90.7 Å². The fraction of sp³-hybridized carbons (Fsp3) is 0.231. The van der Waals surface area contributed by atoms with E-state index in [-0.39, 0.29) is 0 Å². The first kappa shape index (κ1) is 9.70. The minimum Gasteiger partial charge on any atom is -0.166 e. The average molecular weight is 222 g/mol. The smallest absolute Gasteiger partial charge is 0.166 e. The van der Waals surface area contributed by atoms with Crippen molar-refractivity contribution in [3.63, 3.8) is 0 Å². The highest BCUT2D eigenvalue weighted by Crippen LogP contribution is 2.39. The molecule has 1 aliphatic carbocycles. The predicted octanol–water partition coefficient (Wildman–Crippen LogP) is 3.96. The van der Waals surface area contributed by atoms with E-state index in [9.17, 15) is 13.2 Å². The summed E-state index contributed by atoms with van der Waals surface area (Å²) in [6, 6.07) is 8.01. The summed E-state index contributed by atoms with van der Waals surface area (Å²) in [5.41, 5.74) is 1.56. The molecule has 2 aromatic carbocycles. The molecule has 0 amide bonds. The average Bonchev–Trinajstić information content (AvgIpc) is 2.63. The second-order valence-electron chi connectivity index (χ2n) is 4.11. The van der Waals surface area contributed by atoms with E-state index in [1.807, 2.05) is 6.07 Å². The van der Waals surface area contributed by atoms with Gasteiger partial charge in [-0.3, -0.25) is 0 Å². The van der Waals surface area contributed by atoms with Gasteiger partial charge in [0.25, 0.3) is 0 Å². The highest BCUT2D eigenvalue weighted by Gasteiger charge is 2.33. The van der Waals surface area contributed by atoms with Gasteiger partial charge in [-0.1, -0.05) is 24.3 Å². The van der Waals surface area contributed by atoms with E-state index in [0.29, 0.717) is 5.39 Å².